The zero-order valence-corrected chi connectivity index (χ0v) is 18.7. The third-order valence-corrected chi connectivity index (χ3v) is 5.85. The van der Waals surface area contributed by atoms with Crippen LogP contribution in [-0.4, -0.2) is 6.54 Å². The van der Waals surface area contributed by atoms with Crippen LogP contribution in [0.4, 0.5) is 0 Å². The molecular formula is C25H54N+. The van der Waals surface area contributed by atoms with E-state index in [0.717, 1.165) is 6.54 Å². The van der Waals surface area contributed by atoms with Crippen LogP contribution in [0.25, 0.3) is 0 Å². The molecule has 0 spiro atoms. The Labute approximate surface area is 167 Å². The van der Waals surface area contributed by atoms with Crippen LogP contribution < -0.4 is 5.73 Å². The van der Waals surface area contributed by atoms with Crippen LogP contribution in [0.3, 0.4) is 0 Å². The first-order chi connectivity index (χ1) is 12.9. The molecule has 0 aromatic heterocycles. The highest BCUT2D eigenvalue weighted by molar-refractivity contribution is 4.51. The maximum Gasteiger partial charge on any atom is 0.0739 e. The summed E-state index contributed by atoms with van der Waals surface area (Å²) in [6, 6.07) is 0. The highest BCUT2D eigenvalue weighted by atomic mass is 14.5. The molecule has 0 heterocycles. The van der Waals surface area contributed by atoms with E-state index in [-0.39, 0.29) is 0 Å². The molecule has 0 saturated carbocycles. The smallest absolute Gasteiger partial charge is 0.0739 e. The maximum absolute atomic E-state index is 3.91. The van der Waals surface area contributed by atoms with Crippen LogP contribution >= 0.6 is 0 Å². The zero-order valence-electron chi connectivity index (χ0n) is 18.7. The van der Waals surface area contributed by atoms with Gasteiger partial charge in [0.05, 0.1) is 6.54 Å². The summed E-state index contributed by atoms with van der Waals surface area (Å²) >= 11 is 0. The summed E-state index contributed by atoms with van der Waals surface area (Å²) in [5, 5.41) is 0. The molecule has 0 aliphatic heterocycles. The summed E-state index contributed by atoms with van der Waals surface area (Å²) in [7, 11) is 0. The highest BCUT2D eigenvalue weighted by Gasteiger charge is 1.95. The van der Waals surface area contributed by atoms with E-state index in [0.29, 0.717) is 0 Å². The second kappa shape index (κ2) is 25.0. The number of hydrogen-bond donors (Lipinski definition) is 1. The van der Waals surface area contributed by atoms with Gasteiger partial charge in [-0.3, -0.25) is 0 Å². The van der Waals surface area contributed by atoms with Crippen molar-refractivity contribution >= 4 is 0 Å². The molecule has 1 nitrogen and oxygen atoms in total. The van der Waals surface area contributed by atoms with Gasteiger partial charge in [-0.15, -0.1) is 0 Å². The molecule has 0 fully saturated rings. The monoisotopic (exact) mass is 368 g/mol. The van der Waals surface area contributed by atoms with Gasteiger partial charge >= 0.3 is 0 Å². The van der Waals surface area contributed by atoms with Crippen LogP contribution in [0.2, 0.25) is 0 Å². The fourth-order valence-electron chi connectivity index (χ4n) is 3.96. The minimum absolute atomic E-state index is 1.12. The number of hydrogen-bond acceptors (Lipinski definition) is 0. The lowest BCUT2D eigenvalue weighted by atomic mass is 10.0. The highest BCUT2D eigenvalue weighted by Crippen LogP contribution is 2.15. The standard InChI is InChI=1S/C25H53N/c1-2-3-4-5-6-7-8-9-10-11-12-13-14-15-16-17-18-19-20-21-22-23-24-25-26/h2-26H2,1H3/p+1. The van der Waals surface area contributed by atoms with Crippen molar-refractivity contribution in [2.24, 2.45) is 0 Å². The second-order valence-corrected chi connectivity index (χ2v) is 8.63. The van der Waals surface area contributed by atoms with Crippen molar-refractivity contribution in [1.82, 2.24) is 0 Å². The number of quaternary nitrogens is 1. The van der Waals surface area contributed by atoms with E-state index in [1.54, 1.807) is 0 Å². The molecule has 0 rings (SSSR count). The van der Waals surface area contributed by atoms with Gasteiger partial charge in [0.1, 0.15) is 0 Å². The topological polar surface area (TPSA) is 27.6 Å². The Bertz CT molecular complexity index is 202. The summed E-state index contributed by atoms with van der Waals surface area (Å²) in [5.74, 6) is 0. The van der Waals surface area contributed by atoms with Gasteiger partial charge in [-0.25, -0.2) is 0 Å². The lowest BCUT2D eigenvalue weighted by molar-refractivity contribution is -0.368. The molecule has 0 amide bonds. The largest absolute Gasteiger partial charge is 0.358 e. The summed E-state index contributed by atoms with van der Waals surface area (Å²) in [4.78, 5) is 0. The van der Waals surface area contributed by atoms with Crippen LogP contribution in [0.5, 0.6) is 0 Å². The third-order valence-electron chi connectivity index (χ3n) is 5.85. The number of unbranched alkanes of at least 4 members (excludes halogenated alkanes) is 22. The maximum atomic E-state index is 3.91. The van der Waals surface area contributed by atoms with Gasteiger partial charge < -0.3 is 5.73 Å². The van der Waals surface area contributed by atoms with Crippen molar-refractivity contribution in [3.05, 3.63) is 0 Å². The molecule has 3 N–H and O–H groups in total. The molecule has 1 heteroatoms. The van der Waals surface area contributed by atoms with Crippen molar-refractivity contribution < 1.29 is 5.73 Å². The van der Waals surface area contributed by atoms with E-state index < -0.39 is 0 Å². The molecule has 0 aliphatic carbocycles. The van der Waals surface area contributed by atoms with Crippen molar-refractivity contribution in [2.45, 2.75) is 155 Å². The van der Waals surface area contributed by atoms with Crippen molar-refractivity contribution in [3.8, 4) is 0 Å². The van der Waals surface area contributed by atoms with Crippen molar-refractivity contribution in [2.75, 3.05) is 6.54 Å². The van der Waals surface area contributed by atoms with Gasteiger partial charge in [-0.2, -0.15) is 0 Å². The zero-order chi connectivity index (χ0) is 19.0. The van der Waals surface area contributed by atoms with Gasteiger partial charge in [0.15, 0.2) is 0 Å². The fourth-order valence-corrected chi connectivity index (χ4v) is 3.96. The predicted octanol–water partition coefficient (Wildman–Crippen LogP) is 8.22. The predicted molar refractivity (Wildman–Crippen MR) is 120 cm³/mol. The van der Waals surface area contributed by atoms with Crippen LogP contribution in [0.1, 0.15) is 155 Å². The minimum atomic E-state index is 1.12. The molecule has 0 aliphatic rings. The number of rotatable bonds is 23. The first-order valence-corrected chi connectivity index (χ1v) is 12.7. The quantitative estimate of drug-likeness (QED) is 0.176. The van der Waals surface area contributed by atoms with E-state index >= 15 is 0 Å². The van der Waals surface area contributed by atoms with E-state index in [1.807, 2.05) is 0 Å². The van der Waals surface area contributed by atoms with Crippen molar-refractivity contribution in [3.63, 3.8) is 0 Å². The molecule has 26 heavy (non-hydrogen) atoms. The van der Waals surface area contributed by atoms with Crippen LogP contribution in [0.15, 0.2) is 0 Å². The molecule has 0 bridgehead atoms. The first kappa shape index (κ1) is 26.0. The normalized spacial score (nSPS) is 11.3. The summed E-state index contributed by atoms with van der Waals surface area (Å²) in [6.07, 6.45) is 33.7. The molecule has 0 atom stereocenters. The Morgan fingerprint density at radius 3 is 0.692 bits per heavy atom. The lowest BCUT2D eigenvalue weighted by Crippen LogP contribution is -2.50. The van der Waals surface area contributed by atoms with Gasteiger partial charge in [0.25, 0.3) is 0 Å². The Hall–Kier alpha value is -0.0400. The Morgan fingerprint density at radius 1 is 0.308 bits per heavy atom. The average Bonchev–Trinajstić information content (AvgIpc) is 2.66. The molecule has 0 aromatic rings. The summed E-state index contributed by atoms with van der Waals surface area (Å²) < 4.78 is 0. The Kier molecular flexibility index (Phi) is 24.9. The first-order valence-electron chi connectivity index (χ1n) is 12.7. The molecular weight excluding hydrogens is 314 g/mol. The Morgan fingerprint density at radius 2 is 0.500 bits per heavy atom. The van der Waals surface area contributed by atoms with E-state index in [9.17, 15) is 0 Å². The van der Waals surface area contributed by atoms with Gasteiger partial charge in [-0.05, 0) is 12.8 Å². The van der Waals surface area contributed by atoms with E-state index in [2.05, 4.69) is 12.7 Å². The summed E-state index contributed by atoms with van der Waals surface area (Å²) in [6.45, 7) is 3.43. The lowest BCUT2D eigenvalue weighted by Gasteiger charge is -2.04. The van der Waals surface area contributed by atoms with Crippen molar-refractivity contribution in [1.29, 1.82) is 0 Å². The third kappa shape index (κ3) is 24.0. The summed E-state index contributed by atoms with van der Waals surface area (Å²) in [5.41, 5.74) is 3.91. The molecule has 0 unspecified atom stereocenters. The molecule has 158 valence electrons. The average molecular weight is 369 g/mol. The van der Waals surface area contributed by atoms with Crippen LogP contribution in [0, 0.1) is 0 Å². The van der Waals surface area contributed by atoms with E-state index in [4.69, 9.17) is 0 Å². The Balaban J connectivity index is 2.95. The fraction of sp³-hybridized carbons (Fsp3) is 1.00. The molecule has 0 aromatic carbocycles. The van der Waals surface area contributed by atoms with Gasteiger partial charge in [-0.1, -0.05) is 142 Å². The SMILES string of the molecule is CCCCCCCCCCCCCCCCCCCCCCCCC[NH3+]. The molecule has 0 radical (unpaired) electrons. The van der Waals surface area contributed by atoms with Gasteiger partial charge in [0, 0.05) is 0 Å². The minimum Gasteiger partial charge on any atom is -0.358 e. The molecule has 0 saturated heterocycles. The van der Waals surface area contributed by atoms with Gasteiger partial charge in [0.2, 0.25) is 0 Å². The van der Waals surface area contributed by atoms with Crippen LogP contribution in [-0.2, 0) is 0 Å². The second-order valence-electron chi connectivity index (χ2n) is 8.63. The van der Waals surface area contributed by atoms with E-state index in [1.165, 1.54) is 148 Å².